The van der Waals surface area contributed by atoms with E-state index in [4.69, 9.17) is 23.2 Å². The predicted molar refractivity (Wildman–Crippen MR) is 104 cm³/mol. The minimum Gasteiger partial charge on any atom is -0.325 e. The molecule has 0 fully saturated rings. The molecule has 0 aliphatic carbocycles. The number of nitro benzene ring substituents is 1. The Balaban J connectivity index is 1.88. The van der Waals surface area contributed by atoms with Crippen molar-refractivity contribution >= 4 is 52.1 Å². The molecule has 0 atom stereocenters. The third-order valence-corrected chi connectivity index (χ3v) is 4.14. The molecule has 10 heteroatoms. The Hall–Kier alpha value is -2.68. The Morgan fingerprint density at radius 2 is 1.67 bits per heavy atom. The Morgan fingerprint density at radius 3 is 2.30 bits per heavy atom. The molecule has 0 aromatic heterocycles. The minimum absolute atomic E-state index is 0.0649. The minimum atomic E-state index is -0.579. The van der Waals surface area contributed by atoms with E-state index in [-0.39, 0.29) is 30.4 Å². The van der Waals surface area contributed by atoms with Crippen LogP contribution in [0.25, 0.3) is 0 Å². The Labute approximate surface area is 165 Å². The van der Waals surface area contributed by atoms with Crippen LogP contribution < -0.4 is 10.6 Å². The lowest BCUT2D eigenvalue weighted by molar-refractivity contribution is -0.383. The number of likely N-dealkylation sites (N-methyl/N-ethyl adjacent to an activating group) is 1. The van der Waals surface area contributed by atoms with E-state index >= 15 is 0 Å². The number of benzene rings is 2. The van der Waals surface area contributed by atoms with Crippen LogP contribution in [0.3, 0.4) is 0 Å². The topological polar surface area (TPSA) is 105 Å². The van der Waals surface area contributed by atoms with Crippen molar-refractivity contribution in [2.24, 2.45) is 0 Å². The molecule has 0 saturated heterocycles. The molecule has 2 amide bonds. The second kappa shape index (κ2) is 9.31. The molecule has 0 heterocycles. The molecule has 0 bridgehead atoms. The summed E-state index contributed by atoms with van der Waals surface area (Å²) in [6, 6.07) is 10.5. The van der Waals surface area contributed by atoms with Crippen LogP contribution in [0.4, 0.5) is 17.1 Å². The molecule has 2 aromatic rings. The molecule has 0 unspecified atom stereocenters. The standard InChI is InChI=1S/C17H16Cl2N4O4/c1-22(9-16(24)20-11-6-7-12(18)13(19)8-11)10-17(25)21-14-4-2-3-5-15(14)23(26)27/h2-8H,9-10H2,1H3,(H,20,24)(H,21,25). The van der Waals surface area contributed by atoms with Gasteiger partial charge in [0, 0.05) is 11.8 Å². The first-order chi connectivity index (χ1) is 12.8. The molecule has 27 heavy (non-hydrogen) atoms. The maximum absolute atomic E-state index is 12.1. The lowest BCUT2D eigenvalue weighted by Crippen LogP contribution is -2.36. The number of nitrogens with one attached hydrogen (secondary N) is 2. The summed E-state index contributed by atoms with van der Waals surface area (Å²) in [6.07, 6.45) is 0. The van der Waals surface area contributed by atoms with E-state index in [1.54, 1.807) is 25.2 Å². The van der Waals surface area contributed by atoms with Crippen molar-refractivity contribution in [3.05, 3.63) is 62.6 Å². The third-order valence-electron chi connectivity index (χ3n) is 3.41. The largest absolute Gasteiger partial charge is 0.325 e. The number of hydrogen-bond acceptors (Lipinski definition) is 5. The summed E-state index contributed by atoms with van der Waals surface area (Å²) in [6.45, 7) is -0.189. The van der Waals surface area contributed by atoms with Gasteiger partial charge in [0.05, 0.1) is 28.1 Å². The summed E-state index contributed by atoms with van der Waals surface area (Å²) in [4.78, 5) is 36.0. The zero-order chi connectivity index (χ0) is 20.0. The molecule has 2 aromatic carbocycles. The summed E-state index contributed by atoms with van der Waals surface area (Å²) in [5.74, 6) is -0.830. The lowest BCUT2D eigenvalue weighted by atomic mass is 10.2. The van der Waals surface area contributed by atoms with Gasteiger partial charge in [-0.25, -0.2) is 0 Å². The Bertz CT molecular complexity index is 876. The van der Waals surface area contributed by atoms with Crippen LogP contribution in [0.1, 0.15) is 0 Å². The van der Waals surface area contributed by atoms with Gasteiger partial charge in [-0.2, -0.15) is 0 Å². The fourth-order valence-electron chi connectivity index (χ4n) is 2.25. The fraction of sp³-hybridized carbons (Fsp3) is 0.176. The van der Waals surface area contributed by atoms with Gasteiger partial charge in [0.25, 0.3) is 5.69 Å². The third kappa shape index (κ3) is 6.21. The number of hydrogen-bond donors (Lipinski definition) is 2. The molecule has 0 spiro atoms. The van der Waals surface area contributed by atoms with Crippen molar-refractivity contribution in [1.29, 1.82) is 0 Å². The van der Waals surface area contributed by atoms with Gasteiger partial charge in [0.1, 0.15) is 5.69 Å². The van der Waals surface area contributed by atoms with Crippen LogP contribution in [-0.4, -0.2) is 41.8 Å². The number of rotatable bonds is 7. The highest BCUT2D eigenvalue weighted by atomic mass is 35.5. The van der Waals surface area contributed by atoms with Crippen LogP contribution in [-0.2, 0) is 9.59 Å². The van der Waals surface area contributed by atoms with Gasteiger partial charge in [0.15, 0.2) is 0 Å². The SMILES string of the molecule is CN(CC(=O)Nc1ccc(Cl)c(Cl)c1)CC(=O)Nc1ccccc1[N+](=O)[O-]. The van der Waals surface area contributed by atoms with Gasteiger partial charge in [-0.1, -0.05) is 35.3 Å². The van der Waals surface area contributed by atoms with E-state index < -0.39 is 10.8 Å². The molecule has 8 nitrogen and oxygen atoms in total. The number of nitro groups is 1. The molecular formula is C17H16Cl2N4O4. The first-order valence-corrected chi connectivity index (χ1v) is 8.48. The molecule has 0 aliphatic rings. The zero-order valence-electron chi connectivity index (χ0n) is 14.2. The second-order valence-corrected chi connectivity index (χ2v) is 6.49. The van der Waals surface area contributed by atoms with E-state index in [2.05, 4.69) is 10.6 Å². The average Bonchev–Trinajstić information content (AvgIpc) is 2.58. The number of halogens is 2. The molecule has 2 N–H and O–H groups in total. The van der Waals surface area contributed by atoms with Crippen molar-refractivity contribution in [3.63, 3.8) is 0 Å². The number of amides is 2. The smallest absolute Gasteiger partial charge is 0.292 e. The molecule has 0 radical (unpaired) electrons. The predicted octanol–water partition coefficient (Wildman–Crippen LogP) is 3.41. The molecule has 0 saturated carbocycles. The van der Waals surface area contributed by atoms with Gasteiger partial charge in [0.2, 0.25) is 11.8 Å². The van der Waals surface area contributed by atoms with E-state index in [1.807, 2.05) is 0 Å². The maximum atomic E-state index is 12.1. The number of carbonyl (C=O) groups is 2. The van der Waals surface area contributed by atoms with Gasteiger partial charge in [-0.15, -0.1) is 0 Å². The highest BCUT2D eigenvalue weighted by Crippen LogP contribution is 2.25. The number of para-hydroxylation sites is 2. The molecular weight excluding hydrogens is 395 g/mol. The highest BCUT2D eigenvalue weighted by Gasteiger charge is 2.16. The first kappa shape index (κ1) is 20.6. The summed E-state index contributed by atoms with van der Waals surface area (Å²) in [5.41, 5.74) is 0.374. The quantitative estimate of drug-likeness (QED) is 0.537. The summed E-state index contributed by atoms with van der Waals surface area (Å²) < 4.78 is 0. The van der Waals surface area contributed by atoms with Crippen LogP contribution in [0.2, 0.25) is 10.0 Å². The lowest BCUT2D eigenvalue weighted by Gasteiger charge is -2.16. The van der Waals surface area contributed by atoms with E-state index in [0.717, 1.165) is 0 Å². The van der Waals surface area contributed by atoms with Gasteiger partial charge in [-0.3, -0.25) is 24.6 Å². The number of carbonyl (C=O) groups excluding carboxylic acids is 2. The Kier molecular flexibility index (Phi) is 7.12. The highest BCUT2D eigenvalue weighted by molar-refractivity contribution is 6.42. The van der Waals surface area contributed by atoms with Gasteiger partial charge < -0.3 is 10.6 Å². The Morgan fingerprint density at radius 1 is 1.04 bits per heavy atom. The summed E-state index contributed by atoms with van der Waals surface area (Å²) >= 11 is 11.7. The van der Waals surface area contributed by atoms with E-state index in [0.29, 0.717) is 15.7 Å². The van der Waals surface area contributed by atoms with Gasteiger partial charge >= 0.3 is 0 Å². The zero-order valence-corrected chi connectivity index (χ0v) is 15.8. The van der Waals surface area contributed by atoms with Crippen molar-refractivity contribution in [2.45, 2.75) is 0 Å². The van der Waals surface area contributed by atoms with E-state index in [1.165, 1.54) is 29.2 Å². The van der Waals surface area contributed by atoms with Crippen molar-refractivity contribution in [1.82, 2.24) is 4.90 Å². The molecule has 142 valence electrons. The van der Waals surface area contributed by atoms with Crippen LogP contribution in [0, 0.1) is 10.1 Å². The molecule has 2 rings (SSSR count). The number of anilines is 2. The fourth-order valence-corrected chi connectivity index (χ4v) is 2.55. The maximum Gasteiger partial charge on any atom is 0.292 e. The van der Waals surface area contributed by atoms with Crippen molar-refractivity contribution in [2.75, 3.05) is 30.8 Å². The summed E-state index contributed by atoms with van der Waals surface area (Å²) in [7, 11) is 1.58. The van der Waals surface area contributed by atoms with Gasteiger partial charge in [-0.05, 0) is 31.3 Å². The van der Waals surface area contributed by atoms with Crippen LogP contribution >= 0.6 is 23.2 Å². The van der Waals surface area contributed by atoms with Crippen LogP contribution in [0.5, 0.6) is 0 Å². The van der Waals surface area contributed by atoms with Crippen molar-refractivity contribution in [3.8, 4) is 0 Å². The van der Waals surface area contributed by atoms with Crippen molar-refractivity contribution < 1.29 is 14.5 Å². The second-order valence-electron chi connectivity index (χ2n) is 5.67. The molecule has 0 aliphatic heterocycles. The average molecular weight is 411 g/mol. The first-order valence-electron chi connectivity index (χ1n) is 7.73. The van der Waals surface area contributed by atoms with Crippen LogP contribution in [0.15, 0.2) is 42.5 Å². The summed E-state index contributed by atoms with van der Waals surface area (Å²) in [5, 5.41) is 16.8. The number of nitrogens with zero attached hydrogens (tertiary/aromatic N) is 2. The van der Waals surface area contributed by atoms with E-state index in [9.17, 15) is 19.7 Å². The monoisotopic (exact) mass is 410 g/mol. The normalized spacial score (nSPS) is 10.5.